The van der Waals surface area contributed by atoms with Gasteiger partial charge in [0.15, 0.2) is 0 Å². The maximum atomic E-state index is 13.4. The summed E-state index contributed by atoms with van der Waals surface area (Å²) in [7, 11) is 0. The van der Waals surface area contributed by atoms with Crippen molar-refractivity contribution in [1.29, 1.82) is 0 Å². The van der Waals surface area contributed by atoms with Crippen LogP contribution in [0.25, 0.3) is 0 Å². The maximum absolute atomic E-state index is 13.4. The Labute approximate surface area is 237 Å². The van der Waals surface area contributed by atoms with Gasteiger partial charge in [0, 0.05) is 48.1 Å². The largest absolute Gasteiger partial charge is 0.361 e. The number of hydrogen-bond acceptors (Lipinski definition) is 4. The van der Waals surface area contributed by atoms with E-state index in [4.69, 9.17) is 12.2 Å². The Kier molecular flexibility index (Phi) is 8.39. The number of nitrogens with one attached hydrogen (secondary N) is 1. The SMILES string of the molecule is CC(C)(C)CN(Cc1ccccc1)C(=S)C[C@@H]1CCc2sc(CC(=O)C3CC3)c(C(=O)NCC3CC3)c2C1. The highest BCUT2D eigenvalue weighted by molar-refractivity contribution is 7.80. The fourth-order valence-electron chi connectivity index (χ4n) is 5.62. The van der Waals surface area contributed by atoms with Crippen LogP contribution in [0.1, 0.15) is 90.5 Å². The molecule has 1 atom stereocenters. The summed E-state index contributed by atoms with van der Waals surface area (Å²) >= 11 is 7.81. The molecule has 38 heavy (non-hydrogen) atoms. The van der Waals surface area contributed by atoms with Gasteiger partial charge >= 0.3 is 0 Å². The second-order valence-electron chi connectivity index (χ2n) is 13.0. The number of thiophene rings is 1. The van der Waals surface area contributed by atoms with E-state index in [1.807, 2.05) is 0 Å². The van der Waals surface area contributed by atoms with Crippen molar-refractivity contribution in [2.24, 2.45) is 23.2 Å². The summed E-state index contributed by atoms with van der Waals surface area (Å²) < 4.78 is 0. The van der Waals surface area contributed by atoms with Crippen LogP contribution in [0.4, 0.5) is 0 Å². The Morgan fingerprint density at radius 2 is 1.79 bits per heavy atom. The van der Waals surface area contributed by atoms with Crippen molar-refractivity contribution in [3.8, 4) is 0 Å². The molecule has 0 spiro atoms. The van der Waals surface area contributed by atoms with E-state index >= 15 is 0 Å². The first-order valence-corrected chi connectivity index (χ1v) is 15.6. The van der Waals surface area contributed by atoms with E-state index in [0.29, 0.717) is 24.0 Å². The van der Waals surface area contributed by atoms with Crippen LogP contribution in [0.15, 0.2) is 30.3 Å². The van der Waals surface area contributed by atoms with Crippen LogP contribution in [-0.4, -0.2) is 34.7 Å². The van der Waals surface area contributed by atoms with Crippen LogP contribution in [0.5, 0.6) is 0 Å². The highest BCUT2D eigenvalue weighted by Crippen LogP contribution is 2.40. The molecule has 0 saturated heterocycles. The minimum atomic E-state index is 0.0367. The molecule has 6 heteroatoms. The molecule has 0 radical (unpaired) electrons. The van der Waals surface area contributed by atoms with E-state index < -0.39 is 0 Å². The van der Waals surface area contributed by atoms with E-state index in [0.717, 1.165) is 73.6 Å². The first-order valence-electron chi connectivity index (χ1n) is 14.4. The monoisotopic (exact) mass is 550 g/mol. The van der Waals surface area contributed by atoms with Crippen LogP contribution in [0.3, 0.4) is 0 Å². The molecule has 3 aliphatic carbocycles. The number of hydrogen-bond donors (Lipinski definition) is 1. The Morgan fingerprint density at radius 3 is 2.45 bits per heavy atom. The molecule has 2 aromatic rings. The highest BCUT2D eigenvalue weighted by Gasteiger charge is 2.35. The molecule has 1 N–H and O–H groups in total. The second kappa shape index (κ2) is 11.6. The number of thiocarbonyl (C=S) groups is 1. The smallest absolute Gasteiger partial charge is 0.252 e. The number of fused-ring (bicyclic) bond motifs is 1. The zero-order valence-corrected chi connectivity index (χ0v) is 24.8. The molecule has 1 amide bonds. The number of carbonyl (C=O) groups is 2. The zero-order valence-electron chi connectivity index (χ0n) is 23.2. The minimum Gasteiger partial charge on any atom is -0.361 e. The summed E-state index contributed by atoms with van der Waals surface area (Å²) in [5, 5.41) is 3.20. The summed E-state index contributed by atoms with van der Waals surface area (Å²) in [6.07, 6.45) is 8.69. The number of carbonyl (C=O) groups excluding carboxylic acids is 2. The van der Waals surface area contributed by atoms with Gasteiger partial charge in [0.25, 0.3) is 5.91 Å². The lowest BCUT2D eigenvalue weighted by atomic mass is 9.83. The number of amides is 1. The first kappa shape index (κ1) is 27.5. The molecule has 3 aliphatic rings. The standard InChI is InChI=1S/C32H42N2O2S2/c1-32(2,3)20-34(19-22-7-5-4-6-8-22)29(37)16-23-11-14-27-25(15-23)30(31(36)33-18-21-9-10-21)28(38-27)17-26(35)24-12-13-24/h4-8,21,23-24H,9-20H2,1-3H3,(H,33,36)/t23-/m1/s1. The minimum absolute atomic E-state index is 0.0367. The lowest BCUT2D eigenvalue weighted by Crippen LogP contribution is -2.37. The predicted molar refractivity (Wildman–Crippen MR) is 160 cm³/mol. The summed E-state index contributed by atoms with van der Waals surface area (Å²) in [5.74, 6) is 1.63. The van der Waals surface area contributed by atoms with Crippen LogP contribution in [0, 0.1) is 23.2 Å². The van der Waals surface area contributed by atoms with Crippen molar-refractivity contribution in [2.45, 2.75) is 85.1 Å². The van der Waals surface area contributed by atoms with E-state index in [9.17, 15) is 9.59 Å². The molecule has 0 unspecified atom stereocenters. The van der Waals surface area contributed by atoms with Gasteiger partial charge in [-0.3, -0.25) is 9.59 Å². The fraction of sp³-hybridized carbons (Fsp3) is 0.594. The number of benzene rings is 1. The van der Waals surface area contributed by atoms with Crippen molar-refractivity contribution < 1.29 is 9.59 Å². The number of nitrogens with zero attached hydrogens (tertiary/aromatic N) is 1. The maximum Gasteiger partial charge on any atom is 0.252 e. The molecule has 4 nitrogen and oxygen atoms in total. The number of aryl methyl sites for hydroxylation is 1. The van der Waals surface area contributed by atoms with Crippen molar-refractivity contribution in [3.05, 3.63) is 56.8 Å². The van der Waals surface area contributed by atoms with Crippen molar-refractivity contribution in [2.75, 3.05) is 13.1 Å². The van der Waals surface area contributed by atoms with Gasteiger partial charge in [-0.25, -0.2) is 0 Å². The molecular formula is C32H42N2O2S2. The number of ketones is 1. The van der Waals surface area contributed by atoms with Crippen LogP contribution < -0.4 is 5.32 Å². The lowest BCUT2D eigenvalue weighted by molar-refractivity contribution is -0.119. The molecule has 1 aromatic heterocycles. The van der Waals surface area contributed by atoms with E-state index in [-0.39, 0.29) is 17.2 Å². The molecule has 1 heterocycles. The summed E-state index contributed by atoms with van der Waals surface area (Å²) in [6.45, 7) is 9.30. The molecule has 0 aliphatic heterocycles. The van der Waals surface area contributed by atoms with Gasteiger partial charge in [0.2, 0.25) is 0 Å². The zero-order chi connectivity index (χ0) is 26.9. The Morgan fingerprint density at radius 1 is 1.05 bits per heavy atom. The number of Topliss-reactive ketones (excluding diaryl/α,β-unsaturated/α-hetero) is 1. The van der Waals surface area contributed by atoms with Crippen LogP contribution in [0.2, 0.25) is 0 Å². The summed E-state index contributed by atoms with van der Waals surface area (Å²) in [5.41, 5.74) is 3.45. The average molecular weight is 551 g/mol. The third kappa shape index (κ3) is 7.32. The predicted octanol–water partition coefficient (Wildman–Crippen LogP) is 6.78. The molecule has 2 fully saturated rings. The van der Waals surface area contributed by atoms with E-state index in [1.54, 1.807) is 11.3 Å². The van der Waals surface area contributed by atoms with Gasteiger partial charge in [0.1, 0.15) is 5.78 Å². The molecule has 1 aromatic carbocycles. The lowest BCUT2D eigenvalue weighted by Gasteiger charge is -2.34. The van der Waals surface area contributed by atoms with Crippen molar-refractivity contribution in [3.63, 3.8) is 0 Å². The molecular weight excluding hydrogens is 508 g/mol. The first-order chi connectivity index (χ1) is 18.2. The third-order valence-electron chi connectivity index (χ3n) is 7.98. The quantitative estimate of drug-likeness (QED) is 0.313. The third-order valence-corrected chi connectivity index (χ3v) is 9.69. The van der Waals surface area contributed by atoms with Gasteiger partial charge in [0.05, 0.1) is 10.6 Å². The van der Waals surface area contributed by atoms with Gasteiger partial charge in [-0.15, -0.1) is 11.3 Å². The Balaban J connectivity index is 1.32. The highest BCUT2D eigenvalue weighted by atomic mass is 32.1. The normalized spacial score (nSPS) is 19.1. The molecule has 0 bridgehead atoms. The van der Waals surface area contributed by atoms with Gasteiger partial charge in [-0.1, -0.05) is 63.3 Å². The average Bonchev–Trinajstić information content (AvgIpc) is 3.79. The molecule has 5 rings (SSSR count). The van der Waals surface area contributed by atoms with E-state index in [1.165, 1.54) is 28.8 Å². The summed E-state index contributed by atoms with van der Waals surface area (Å²) in [6, 6.07) is 10.6. The van der Waals surface area contributed by atoms with Gasteiger partial charge in [-0.05, 0) is 73.3 Å². The topological polar surface area (TPSA) is 49.4 Å². The van der Waals surface area contributed by atoms with E-state index in [2.05, 4.69) is 61.3 Å². The fourth-order valence-corrected chi connectivity index (χ4v) is 7.34. The summed E-state index contributed by atoms with van der Waals surface area (Å²) in [4.78, 5) is 31.9. The molecule has 204 valence electrons. The molecule has 2 saturated carbocycles. The van der Waals surface area contributed by atoms with Crippen LogP contribution >= 0.6 is 23.6 Å². The van der Waals surface area contributed by atoms with Gasteiger partial charge in [-0.2, -0.15) is 0 Å². The second-order valence-corrected chi connectivity index (χ2v) is 14.6. The number of rotatable bonds is 11. The van der Waals surface area contributed by atoms with Crippen LogP contribution in [-0.2, 0) is 30.6 Å². The Bertz CT molecular complexity index is 1170. The van der Waals surface area contributed by atoms with Crippen molar-refractivity contribution >= 4 is 40.2 Å². The van der Waals surface area contributed by atoms with Crippen molar-refractivity contribution in [1.82, 2.24) is 10.2 Å². The van der Waals surface area contributed by atoms with Gasteiger partial charge < -0.3 is 10.2 Å². The Hall–Kier alpha value is -2.05.